The van der Waals surface area contributed by atoms with Crippen LogP contribution in [0.25, 0.3) is 0 Å². The van der Waals surface area contributed by atoms with Crippen LogP contribution in [0, 0.1) is 0 Å². The smallest absolute Gasteiger partial charge is 0.240 e. The molecule has 32 heavy (non-hydrogen) atoms. The highest BCUT2D eigenvalue weighted by molar-refractivity contribution is 5.43. The lowest BCUT2D eigenvalue weighted by atomic mass is 9.79. The molecule has 2 aliphatic rings. The normalized spacial score (nSPS) is 19.2. The lowest BCUT2D eigenvalue weighted by Gasteiger charge is -2.49. The van der Waals surface area contributed by atoms with E-state index in [0.29, 0.717) is 36.0 Å². The Labute approximate surface area is 192 Å². The number of ether oxygens (including phenoxy) is 2. The molecule has 7 heteroatoms. The lowest BCUT2D eigenvalue weighted by Crippen LogP contribution is -2.57. The van der Waals surface area contributed by atoms with E-state index in [1.807, 2.05) is 18.2 Å². The fraction of sp³-hybridized carbons (Fsp3) is 0.680. The van der Waals surface area contributed by atoms with Crippen LogP contribution < -0.4 is 9.47 Å². The molecule has 0 spiro atoms. The van der Waals surface area contributed by atoms with Gasteiger partial charge in [-0.05, 0) is 63.5 Å². The van der Waals surface area contributed by atoms with E-state index >= 15 is 0 Å². The standard InChI is InChI=1S/C25H38N4O3/c1-28(19-25(12-6-4-7-13-25)29-14-8-5-9-15-29)18-24-26-23(27-32-24)17-20-10-11-21(30-2)22(16-20)31-3/h10-11,16H,4-9,12-15,17-19H2,1-3H3. The van der Waals surface area contributed by atoms with Crippen LogP contribution in [0.3, 0.4) is 0 Å². The van der Waals surface area contributed by atoms with Crippen molar-refractivity contribution in [1.29, 1.82) is 0 Å². The van der Waals surface area contributed by atoms with Gasteiger partial charge in [0.2, 0.25) is 5.89 Å². The quantitative estimate of drug-likeness (QED) is 0.574. The summed E-state index contributed by atoms with van der Waals surface area (Å²) < 4.78 is 16.3. The van der Waals surface area contributed by atoms with Gasteiger partial charge in [-0.25, -0.2) is 0 Å². The third kappa shape index (κ3) is 5.44. The molecule has 2 aromatic rings. The molecule has 2 heterocycles. The van der Waals surface area contributed by atoms with Gasteiger partial charge < -0.3 is 14.0 Å². The third-order valence-corrected chi connectivity index (χ3v) is 7.10. The molecule has 1 aliphatic heterocycles. The summed E-state index contributed by atoms with van der Waals surface area (Å²) in [5.41, 5.74) is 1.38. The van der Waals surface area contributed by atoms with Crippen LogP contribution in [0.2, 0.25) is 0 Å². The first-order valence-electron chi connectivity index (χ1n) is 12.1. The van der Waals surface area contributed by atoms with E-state index in [4.69, 9.17) is 14.0 Å². The summed E-state index contributed by atoms with van der Waals surface area (Å²) in [5, 5.41) is 4.22. The Bertz CT molecular complexity index is 857. The van der Waals surface area contributed by atoms with E-state index in [1.54, 1.807) is 14.2 Å². The summed E-state index contributed by atoms with van der Waals surface area (Å²) in [4.78, 5) is 9.84. The van der Waals surface area contributed by atoms with E-state index in [1.165, 1.54) is 64.5 Å². The highest BCUT2D eigenvalue weighted by Gasteiger charge is 2.39. The van der Waals surface area contributed by atoms with Crippen molar-refractivity contribution in [3.63, 3.8) is 0 Å². The molecule has 0 bridgehead atoms. The fourth-order valence-corrected chi connectivity index (χ4v) is 5.54. The van der Waals surface area contributed by atoms with Crippen LogP contribution in [-0.2, 0) is 13.0 Å². The second-order valence-corrected chi connectivity index (χ2v) is 9.48. The van der Waals surface area contributed by atoms with Gasteiger partial charge in [0, 0.05) is 18.5 Å². The predicted molar refractivity (Wildman–Crippen MR) is 124 cm³/mol. The van der Waals surface area contributed by atoms with Gasteiger partial charge in [0.25, 0.3) is 0 Å². The van der Waals surface area contributed by atoms with E-state index in [-0.39, 0.29) is 0 Å². The first-order chi connectivity index (χ1) is 15.6. The number of benzene rings is 1. The van der Waals surface area contributed by atoms with Gasteiger partial charge in [0.05, 0.1) is 20.8 Å². The maximum Gasteiger partial charge on any atom is 0.240 e. The Hall–Kier alpha value is -2.12. The van der Waals surface area contributed by atoms with Gasteiger partial charge in [-0.1, -0.05) is 36.9 Å². The van der Waals surface area contributed by atoms with Crippen molar-refractivity contribution in [2.45, 2.75) is 69.9 Å². The molecular weight excluding hydrogens is 404 g/mol. The Morgan fingerprint density at radius 1 is 1.00 bits per heavy atom. The second-order valence-electron chi connectivity index (χ2n) is 9.48. The molecule has 2 fully saturated rings. The number of piperidine rings is 1. The molecule has 1 saturated carbocycles. The first kappa shape index (κ1) is 23.1. The van der Waals surface area contributed by atoms with Gasteiger partial charge in [-0.15, -0.1) is 0 Å². The minimum atomic E-state index is 0.315. The van der Waals surface area contributed by atoms with Crippen LogP contribution in [0.1, 0.15) is 68.6 Å². The maximum absolute atomic E-state index is 5.60. The van der Waals surface area contributed by atoms with E-state index in [0.717, 1.165) is 17.9 Å². The number of nitrogens with zero attached hydrogens (tertiary/aromatic N) is 4. The monoisotopic (exact) mass is 442 g/mol. The van der Waals surface area contributed by atoms with Crippen molar-refractivity contribution in [2.24, 2.45) is 0 Å². The highest BCUT2D eigenvalue weighted by Crippen LogP contribution is 2.36. The molecule has 0 unspecified atom stereocenters. The number of rotatable bonds is 9. The summed E-state index contributed by atoms with van der Waals surface area (Å²) in [5.74, 6) is 2.82. The van der Waals surface area contributed by atoms with E-state index in [2.05, 4.69) is 27.0 Å². The zero-order valence-electron chi connectivity index (χ0n) is 19.9. The minimum Gasteiger partial charge on any atom is -0.493 e. The van der Waals surface area contributed by atoms with Gasteiger partial charge >= 0.3 is 0 Å². The summed E-state index contributed by atoms with van der Waals surface area (Å²) in [6.45, 7) is 4.27. The van der Waals surface area contributed by atoms with Crippen molar-refractivity contribution in [3.05, 3.63) is 35.5 Å². The predicted octanol–water partition coefficient (Wildman–Crippen LogP) is 4.30. The summed E-state index contributed by atoms with van der Waals surface area (Å²) in [6.07, 6.45) is 11.4. The third-order valence-electron chi connectivity index (χ3n) is 7.10. The van der Waals surface area contributed by atoms with Crippen molar-refractivity contribution in [2.75, 3.05) is 40.9 Å². The van der Waals surface area contributed by atoms with Crippen LogP contribution in [0.4, 0.5) is 0 Å². The van der Waals surface area contributed by atoms with Crippen molar-refractivity contribution < 1.29 is 14.0 Å². The Morgan fingerprint density at radius 3 is 2.44 bits per heavy atom. The lowest BCUT2D eigenvalue weighted by molar-refractivity contribution is 0.00619. The highest BCUT2D eigenvalue weighted by atomic mass is 16.5. The van der Waals surface area contributed by atoms with Crippen molar-refractivity contribution >= 4 is 0 Å². The first-order valence-corrected chi connectivity index (χ1v) is 12.1. The maximum atomic E-state index is 5.60. The van der Waals surface area contributed by atoms with E-state index < -0.39 is 0 Å². The summed E-state index contributed by atoms with van der Waals surface area (Å²) >= 11 is 0. The van der Waals surface area contributed by atoms with Crippen LogP contribution in [-0.4, -0.2) is 66.4 Å². The Kier molecular flexibility index (Phi) is 7.68. The molecule has 1 aromatic heterocycles. The SMILES string of the molecule is COc1ccc(Cc2noc(CN(C)CC3(N4CCCCC4)CCCCC3)n2)cc1OC. The molecular formula is C25H38N4O3. The molecule has 7 nitrogen and oxygen atoms in total. The molecule has 0 atom stereocenters. The Balaban J connectivity index is 1.38. The summed E-state index contributed by atoms with van der Waals surface area (Å²) in [7, 11) is 5.48. The second kappa shape index (κ2) is 10.7. The molecule has 1 saturated heterocycles. The van der Waals surface area contributed by atoms with Crippen LogP contribution >= 0.6 is 0 Å². The molecule has 0 radical (unpaired) electrons. The van der Waals surface area contributed by atoms with Crippen LogP contribution in [0.5, 0.6) is 11.5 Å². The average molecular weight is 443 g/mol. The molecule has 4 rings (SSSR count). The van der Waals surface area contributed by atoms with Crippen LogP contribution in [0.15, 0.2) is 22.7 Å². The molecule has 176 valence electrons. The fourth-order valence-electron chi connectivity index (χ4n) is 5.54. The Morgan fingerprint density at radius 2 is 1.72 bits per heavy atom. The minimum absolute atomic E-state index is 0.315. The van der Waals surface area contributed by atoms with Gasteiger partial charge in [-0.2, -0.15) is 4.98 Å². The number of aromatic nitrogens is 2. The van der Waals surface area contributed by atoms with Gasteiger partial charge in [-0.3, -0.25) is 9.80 Å². The average Bonchev–Trinajstić information content (AvgIpc) is 3.26. The summed E-state index contributed by atoms with van der Waals surface area (Å²) in [6, 6.07) is 5.88. The van der Waals surface area contributed by atoms with Gasteiger partial charge in [0.15, 0.2) is 17.3 Å². The molecule has 1 aliphatic carbocycles. The molecule has 0 N–H and O–H groups in total. The van der Waals surface area contributed by atoms with Crippen molar-refractivity contribution in [3.8, 4) is 11.5 Å². The number of hydrogen-bond acceptors (Lipinski definition) is 7. The zero-order chi connectivity index (χ0) is 22.4. The van der Waals surface area contributed by atoms with E-state index in [9.17, 15) is 0 Å². The number of likely N-dealkylation sites (tertiary alicyclic amines) is 1. The molecule has 0 amide bonds. The number of methoxy groups -OCH3 is 2. The molecule has 1 aromatic carbocycles. The largest absolute Gasteiger partial charge is 0.493 e. The number of hydrogen-bond donors (Lipinski definition) is 0. The zero-order valence-corrected chi connectivity index (χ0v) is 19.9. The topological polar surface area (TPSA) is 63.9 Å². The van der Waals surface area contributed by atoms with Gasteiger partial charge in [0.1, 0.15) is 0 Å². The van der Waals surface area contributed by atoms with Crippen molar-refractivity contribution in [1.82, 2.24) is 19.9 Å². The number of likely N-dealkylation sites (N-methyl/N-ethyl adjacent to an activating group) is 1.